The van der Waals surface area contributed by atoms with Crippen molar-refractivity contribution < 1.29 is 32.3 Å². The van der Waals surface area contributed by atoms with Crippen LogP contribution in [0.25, 0.3) is 16.6 Å². The van der Waals surface area contributed by atoms with Gasteiger partial charge in [0.15, 0.2) is 5.82 Å². The number of ether oxygens (including phenoxy) is 1. The third kappa shape index (κ3) is 6.53. The molecule has 4 rings (SSSR count). The minimum Gasteiger partial charge on any atom is -0.450 e. The number of benzene rings is 1. The quantitative estimate of drug-likeness (QED) is 0.204. The summed E-state index contributed by atoms with van der Waals surface area (Å²) in [6.45, 7) is 0.224. The normalized spacial score (nSPS) is 11.2. The summed E-state index contributed by atoms with van der Waals surface area (Å²) in [5, 5.41) is 11.6. The van der Waals surface area contributed by atoms with Gasteiger partial charge in [-0.1, -0.05) is 18.2 Å². The highest BCUT2D eigenvalue weighted by Gasteiger charge is 2.32. The molecule has 0 saturated heterocycles. The second-order valence-corrected chi connectivity index (χ2v) is 8.20. The van der Waals surface area contributed by atoms with Crippen LogP contribution in [-0.2, 0) is 10.9 Å². The van der Waals surface area contributed by atoms with Crippen molar-refractivity contribution in [1.82, 2.24) is 24.9 Å². The maximum Gasteiger partial charge on any atom is 0.433 e. The smallest absolute Gasteiger partial charge is 0.433 e. The lowest BCUT2D eigenvalue weighted by Crippen LogP contribution is -2.26. The van der Waals surface area contributed by atoms with Crippen molar-refractivity contribution in [2.75, 3.05) is 29.5 Å². The van der Waals surface area contributed by atoms with Gasteiger partial charge in [0.05, 0.1) is 12.2 Å². The number of pyridine rings is 1. The average Bonchev–Trinajstić information content (AvgIpc) is 3.29. The predicted molar refractivity (Wildman–Crippen MR) is 137 cm³/mol. The van der Waals surface area contributed by atoms with Gasteiger partial charge in [0.25, 0.3) is 5.91 Å². The summed E-state index contributed by atoms with van der Waals surface area (Å²) in [7, 11) is 0. The van der Waals surface area contributed by atoms with Gasteiger partial charge in [0.2, 0.25) is 0 Å². The van der Waals surface area contributed by atoms with Gasteiger partial charge in [-0.3, -0.25) is 10.1 Å². The Labute approximate surface area is 223 Å². The van der Waals surface area contributed by atoms with Crippen LogP contribution in [0.4, 0.5) is 40.1 Å². The molecule has 7 N–H and O–H groups in total. The number of nitrogens with one attached hydrogen (secondary N) is 3. The first-order valence-corrected chi connectivity index (χ1v) is 11.6. The SMILES string of the molecule is NC(=O)OCCCNC(=O)c1cn2ncnc(N)c2c1-c1ccc(NC(=O)Nc2cccc(C(F)(F)F)n2)cc1. The number of nitrogen functional groups attached to an aromatic ring is 1. The minimum absolute atomic E-state index is 0.0322. The van der Waals surface area contributed by atoms with Crippen molar-refractivity contribution in [3.63, 3.8) is 0 Å². The average molecular weight is 557 g/mol. The predicted octanol–water partition coefficient (Wildman–Crippen LogP) is 3.25. The lowest BCUT2D eigenvalue weighted by atomic mass is 10.0. The molecule has 0 fully saturated rings. The highest BCUT2D eigenvalue weighted by Crippen LogP contribution is 2.33. The highest BCUT2D eigenvalue weighted by atomic mass is 19.4. The molecule has 3 heterocycles. The maximum absolute atomic E-state index is 13.0. The van der Waals surface area contributed by atoms with E-state index in [4.69, 9.17) is 11.5 Å². The molecule has 0 unspecified atom stereocenters. The van der Waals surface area contributed by atoms with Crippen molar-refractivity contribution in [1.29, 1.82) is 0 Å². The van der Waals surface area contributed by atoms with E-state index in [1.807, 2.05) is 0 Å². The molecule has 40 heavy (non-hydrogen) atoms. The van der Waals surface area contributed by atoms with Crippen LogP contribution in [0.1, 0.15) is 22.5 Å². The molecule has 1 aromatic carbocycles. The number of hydrogen-bond donors (Lipinski definition) is 5. The van der Waals surface area contributed by atoms with Gasteiger partial charge in [0, 0.05) is 24.0 Å². The lowest BCUT2D eigenvalue weighted by Gasteiger charge is -2.11. The fraction of sp³-hybridized carbons (Fsp3) is 0.167. The molecule has 0 spiro atoms. The van der Waals surface area contributed by atoms with Crippen molar-refractivity contribution in [2.45, 2.75) is 12.6 Å². The first-order valence-electron chi connectivity index (χ1n) is 11.6. The van der Waals surface area contributed by atoms with Gasteiger partial charge in [-0.25, -0.2) is 24.1 Å². The van der Waals surface area contributed by atoms with E-state index in [1.165, 1.54) is 35.2 Å². The van der Waals surface area contributed by atoms with Crippen LogP contribution >= 0.6 is 0 Å². The largest absolute Gasteiger partial charge is 0.450 e. The molecule has 0 radical (unpaired) electrons. The van der Waals surface area contributed by atoms with Gasteiger partial charge >= 0.3 is 18.3 Å². The van der Waals surface area contributed by atoms with Crippen LogP contribution in [-0.4, -0.2) is 50.8 Å². The second-order valence-electron chi connectivity index (χ2n) is 8.20. The molecule has 208 valence electrons. The van der Waals surface area contributed by atoms with Crippen molar-refractivity contribution in [3.8, 4) is 11.1 Å². The molecular formula is C24H22F3N9O4. The second kappa shape index (κ2) is 11.5. The number of halogens is 3. The molecule has 0 bridgehead atoms. The summed E-state index contributed by atoms with van der Waals surface area (Å²) >= 11 is 0. The number of nitrogens with zero attached hydrogens (tertiary/aromatic N) is 4. The third-order valence-corrected chi connectivity index (χ3v) is 5.41. The Kier molecular flexibility index (Phi) is 7.97. The molecule has 0 atom stereocenters. The molecule has 4 amide bonds. The maximum atomic E-state index is 13.0. The van der Waals surface area contributed by atoms with Crippen molar-refractivity contribution >= 4 is 40.9 Å². The number of urea groups is 1. The van der Waals surface area contributed by atoms with E-state index in [0.717, 1.165) is 12.1 Å². The molecule has 0 aliphatic rings. The Hall–Kier alpha value is -5.41. The minimum atomic E-state index is -4.66. The number of carbonyl (C=O) groups excluding carboxylic acids is 3. The van der Waals surface area contributed by atoms with Gasteiger partial charge in [-0.15, -0.1) is 0 Å². The highest BCUT2D eigenvalue weighted by molar-refractivity contribution is 6.07. The molecule has 0 aliphatic carbocycles. The van der Waals surface area contributed by atoms with Crippen LogP contribution in [0.2, 0.25) is 0 Å². The fourth-order valence-corrected chi connectivity index (χ4v) is 3.70. The van der Waals surface area contributed by atoms with Gasteiger partial charge < -0.3 is 26.8 Å². The topological polar surface area (TPSA) is 192 Å². The third-order valence-electron chi connectivity index (χ3n) is 5.41. The zero-order valence-electron chi connectivity index (χ0n) is 20.5. The zero-order valence-corrected chi connectivity index (χ0v) is 20.5. The summed E-state index contributed by atoms with van der Waals surface area (Å²) < 4.78 is 44.7. The number of hydrogen-bond acceptors (Lipinski definition) is 8. The molecular weight excluding hydrogens is 535 g/mol. The zero-order chi connectivity index (χ0) is 28.9. The number of nitrogens with two attached hydrogens (primary N) is 2. The summed E-state index contributed by atoms with van der Waals surface area (Å²) in [5.41, 5.74) is 11.7. The number of alkyl halides is 3. The van der Waals surface area contributed by atoms with Crippen LogP contribution in [0.5, 0.6) is 0 Å². The van der Waals surface area contributed by atoms with E-state index in [-0.39, 0.29) is 30.4 Å². The van der Waals surface area contributed by atoms with E-state index in [2.05, 4.69) is 35.8 Å². The lowest BCUT2D eigenvalue weighted by molar-refractivity contribution is -0.141. The first-order chi connectivity index (χ1) is 19.0. The van der Waals surface area contributed by atoms with E-state index in [9.17, 15) is 27.6 Å². The van der Waals surface area contributed by atoms with Crippen LogP contribution < -0.4 is 27.4 Å². The Morgan fingerprint density at radius 1 is 1.05 bits per heavy atom. The molecule has 4 aromatic rings. The van der Waals surface area contributed by atoms with Gasteiger partial charge in [-0.05, 0) is 36.2 Å². The number of primary amides is 1. The number of carbonyl (C=O) groups is 3. The van der Waals surface area contributed by atoms with Crippen LogP contribution in [0, 0.1) is 0 Å². The molecule has 3 aromatic heterocycles. The van der Waals surface area contributed by atoms with E-state index in [0.29, 0.717) is 28.8 Å². The van der Waals surface area contributed by atoms with Gasteiger partial charge in [-0.2, -0.15) is 18.3 Å². The first kappa shape index (κ1) is 27.6. The summed E-state index contributed by atoms with van der Waals surface area (Å²) in [5.74, 6) is -0.611. The molecule has 16 heteroatoms. The van der Waals surface area contributed by atoms with E-state index >= 15 is 0 Å². The monoisotopic (exact) mass is 557 g/mol. The summed E-state index contributed by atoms with van der Waals surface area (Å²) in [4.78, 5) is 43.4. The fourth-order valence-electron chi connectivity index (χ4n) is 3.70. The molecule has 13 nitrogen and oxygen atoms in total. The van der Waals surface area contributed by atoms with Crippen molar-refractivity contribution in [2.24, 2.45) is 5.73 Å². The van der Waals surface area contributed by atoms with Crippen molar-refractivity contribution in [3.05, 3.63) is 66.2 Å². The molecule has 0 aliphatic heterocycles. The molecule has 0 saturated carbocycles. The number of rotatable bonds is 8. The number of amides is 4. The standard InChI is InChI=1S/C24H22F3N9O4/c25-24(26,27)16-3-1-4-17(34-16)35-23(39)33-14-7-5-13(6-8-14)18-15(11-36-19(18)20(28)31-12-32-36)21(37)30-9-2-10-40-22(29)38/h1,3-8,11-12H,2,9-10H2,(H2,29,38)(H,30,37)(H2,28,31,32)(H2,33,34,35,39). The summed E-state index contributed by atoms with van der Waals surface area (Å²) in [6, 6.07) is 8.60. The Morgan fingerprint density at radius 2 is 1.80 bits per heavy atom. The van der Waals surface area contributed by atoms with Crippen LogP contribution in [0.15, 0.2) is 55.0 Å². The van der Waals surface area contributed by atoms with E-state index in [1.54, 1.807) is 12.1 Å². The number of anilines is 3. The summed E-state index contributed by atoms with van der Waals surface area (Å²) in [6.07, 6.45) is -2.52. The number of aromatic nitrogens is 4. The Bertz CT molecular complexity index is 1560. The Morgan fingerprint density at radius 3 is 2.50 bits per heavy atom. The number of fused-ring (bicyclic) bond motifs is 1. The van der Waals surface area contributed by atoms with Crippen LogP contribution in [0.3, 0.4) is 0 Å². The Balaban J connectivity index is 1.51. The van der Waals surface area contributed by atoms with Gasteiger partial charge in [0.1, 0.15) is 23.4 Å². The van der Waals surface area contributed by atoms with E-state index < -0.39 is 29.9 Å².